The lowest BCUT2D eigenvalue weighted by Gasteiger charge is -2.44. The molecule has 5 aliphatic rings. The Balaban J connectivity index is 1.40. The first-order valence-electron chi connectivity index (χ1n) is 11.0. The molecule has 2 aromatic rings. The highest BCUT2D eigenvalue weighted by Gasteiger charge is 2.68. The minimum atomic E-state index is -0.688. The van der Waals surface area contributed by atoms with Crippen molar-refractivity contribution in [3.63, 3.8) is 0 Å². The lowest BCUT2D eigenvalue weighted by molar-refractivity contribution is -0.137. The number of allylic oxidation sites excluding steroid dienone is 2. The number of anilines is 2. The lowest BCUT2D eigenvalue weighted by atomic mass is 9.54. The minimum absolute atomic E-state index is 0.352. The fourth-order valence-electron chi connectivity index (χ4n) is 6.20. The van der Waals surface area contributed by atoms with Gasteiger partial charge in [0.15, 0.2) is 0 Å². The average molecular weight is 446 g/mol. The zero-order valence-corrected chi connectivity index (χ0v) is 17.9. The summed E-state index contributed by atoms with van der Waals surface area (Å²) in [4.78, 5) is 56.5. The number of benzene rings is 2. The highest BCUT2D eigenvalue weighted by atomic mass is 16.2. The second kappa shape index (κ2) is 7.04. The molecule has 6 atom stereocenters. The summed E-state index contributed by atoms with van der Waals surface area (Å²) in [6, 6.07) is 13.4. The van der Waals surface area contributed by atoms with E-state index in [-0.39, 0.29) is 23.6 Å². The van der Waals surface area contributed by atoms with Gasteiger partial charge < -0.3 is 0 Å². The number of hydrogen-bond acceptors (Lipinski definition) is 4. The van der Waals surface area contributed by atoms with Crippen LogP contribution in [-0.4, -0.2) is 23.6 Å². The van der Waals surface area contributed by atoms with Gasteiger partial charge in [-0.2, -0.15) is 0 Å². The molecule has 6 heteroatoms. The van der Waals surface area contributed by atoms with E-state index in [2.05, 4.69) is 11.8 Å². The second-order valence-corrected chi connectivity index (χ2v) is 9.06. The van der Waals surface area contributed by atoms with E-state index < -0.39 is 35.5 Å². The van der Waals surface area contributed by atoms with Crippen LogP contribution >= 0.6 is 0 Å². The van der Waals surface area contributed by atoms with E-state index in [0.29, 0.717) is 22.5 Å². The Morgan fingerprint density at radius 3 is 1.26 bits per heavy atom. The molecule has 0 spiro atoms. The standard InChI is InChI=1S/C28H18N2O4/c1-3-15-7-5-9-17(13-15)29-25(31)21-19-11-12-20(22(21)26(29)32)24-23(19)27(33)30(28(24)34)18-10-6-8-16(4-2)14-18/h1-2,5-14,19-24H/t19?,20?,21-,22-,23+,24+. The molecule has 7 rings (SSSR count). The molecule has 0 radical (unpaired) electrons. The molecular formula is C28H18N2O4. The van der Waals surface area contributed by atoms with E-state index in [1.165, 1.54) is 9.80 Å². The van der Waals surface area contributed by atoms with Gasteiger partial charge in [0.2, 0.25) is 23.6 Å². The first-order chi connectivity index (χ1) is 16.5. The van der Waals surface area contributed by atoms with Crippen molar-refractivity contribution in [2.75, 3.05) is 9.80 Å². The number of imide groups is 2. The van der Waals surface area contributed by atoms with Crippen molar-refractivity contribution in [1.29, 1.82) is 0 Å². The van der Waals surface area contributed by atoms with Gasteiger partial charge in [0, 0.05) is 23.0 Å². The van der Waals surface area contributed by atoms with Crippen molar-refractivity contribution in [2.45, 2.75) is 0 Å². The molecule has 0 aromatic heterocycles. The van der Waals surface area contributed by atoms with E-state index in [4.69, 9.17) is 12.8 Å². The summed E-state index contributed by atoms with van der Waals surface area (Å²) in [6.07, 6.45) is 14.7. The molecule has 3 aliphatic carbocycles. The van der Waals surface area contributed by atoms with E-state index in [0.717, 1.165) is 0 Å². The summed E-state index contributed by atoms with van der Waals surface area (Å²) in [5.41, 5.74) is 1.94. The quantitative estimate of drug-likeness (QED) is 0.403. The van der Waals surface area contributed by atoms with E-state index in [1.54, 1.807) is 48.5 Å². The third kappa shape index (κ3) is 2.48. The number of nitrogens with zero attached hydrogens (tertiary/aromatic N) is 2. The topological polar surface area (TPSA) is 74.8 Å². The molecule has 2 saturated heterocycles. The van der Waals surface area contributed by atoms with Crippen LogP contribution in [0.25, 0.3) is 0 Å². The van der Waals surface area contributed by atoms with E-state index >= 15 is 0 Å². The van der Waals surface area contributed by atoms with Gasteiger partial charge >= 0.3 is 0 Å². The molecule has 2 unspecified atom stereocenters. The molecule has 6 nitrogen and oxygen atoms in total. The van der Waals surface area contributed by atoms with Crippen LogP contribution in [0.15, 0.2) is 60.7 Å². The molecule has 34 heavy (non-hydrogen) atoms. The smallest absolute Gasteiger partial charge is 0.238 e. The molecule has 2 heterocycles. The summed E-state index contributed by atoms with van der Waals surface area (Å²) in [5, 5.41) is 0. The maximum Gasteiger partial charge on any atom is 0.238 e. The molecule has 164 valence electrons. The Labute approximate surface area is 196 Å². The van der Waals surface area contributed by atoms with Crippen LogP contribution in [0.1, 0.15) is 11.1 Å². The second-order valence-electron chi connectivity index (χ2n) is 9.06. The Morgan fingerprint density at radius 1 is 0.588 bits per heavy atom. The van der Waals surface area contributed by atoms with Crippen LogP contribution in [0.5, 0.6) is 0 Å². The molecule has 2 aliphatic heterocycles. The zero-order chi connectivity index (χ0) is 23.7. The molecular weight excluding hydrogens is 428 g/mol. The summed E-state index contributed by atoms with van der Waals surface area (Å²) >= 11 is 0. The number of carbonyl (C=O) groups is 4. The van der Waals surface area contributed by atoms with Crippen molar-refractivity contribution in [3.8, 4) is 24.7 Å². The number of hydrogen-bond donors (Lipinski definition) is 0. The number of carbonyl (C=O) groups excluding carboxylic acids is 4. The minimum Gasteiger partial charge on any atom is -0.274 e. The molecule has 1 saturated carbocycles. The van der Waals surface area contributed by atoms with Gasteiger partial charge in [-0.1, -0.05) is 36.1 Å². The summed E-state index contributed by atoms with van der Waals surface area (Å²) in [6.45, 7) is 0. The van der Waals surface area contributed by atoms with E-state index in [9.17, 15) is 19.2 Å². The summed E-state index contributed by atoms with van der Waals surface area (Å²) in [5.74, 6) is -0.191. The first kappa shape index (κ1) is 20.2. The monoisotopic (exact) mass is 446 g/mol. The third-order valence-electron chi connectivity index (χ3n) is 7.55. The van der Waals surface area contributed by atoms with Crippen molar-refractivity contribution in [2.24, 2.45) is 35.5 Å². The fraction of sp³-hybridized carbons (Fsp3) is 0.214. The van der Waals surface area contributed by atoms with Crippen molar-refractivity contribution in [3.05, 3.63) is 71.8 Å². The van der Waals surface area contributed by atoms with Gasteiger partial charge in [-0.25, -0.2) is 9.80 Å². The number of amides is 4. The predicted octanol–water partition coefficient (Wildman–Crippen LogP) is 2.38. The SMILES string of the molecule is C#Cc1cccc(N2C(=O)[C@@H]3C4C=CC([C@H]3C2=O)[C@@H]2C(=O)N(c3cccc(C#C)c3)C(=O)[C@@H]42)c1. The highest BCUT2D eigenvalue weighted by Crippen LogP contribution is 2.58. The van der Waals surface area contributed by atoms with Crippen molar-refractivity contribution in [1.82, 2.24) is 0 Å². The molecule has 2 aromatic carbocycles. The maximum atomic E-state index is 13.5. The third-order valence-corrected chi connectivity index (χ3v) is 7.55. The Morgan fingerprint density at radius 2 is 0.941 bits per heavy atom. The summed E-state index contributed by atoms with van der Waals surface area (Å²) < 4.78 is 0. The van der Waals surface area contributed by atoms with Crippen LogP contribution in [0.4, 0.5) is 11.4 Å². The van der Waals surface area contributed by atoms with Gasteiger partial charge in [0.1, 0.15) is 0 Å². The zero-order valence-electron chi connectivity index (χ0n) is 17.9. The Kier molecular flexibility index (Phi) is 4.18. The van der Waals surface area contributed by atoms with Crippen LogP contribution in [0.2, 0.25) is 0 Å². The van der Waals surface area contributed by atoms with Gasteiger partial charge in [-0.15, -0.1) is 12.8 Å². The summed E-state index contributed by atoms with van der Waals surface area (Å²) in [7, 11) is 0. The van der Waals surface area contributed by atoms with Gasteiger partial charge in [0.05, 0.1) is 35.0 Å². The maximum absolute atomic E-state index is 13.5. The number of rotatable bonds is 2. The van der Waals surface area contributed by atoms with Crippen LogP contribution in [0.3, 0.4) is 0 Å². The average Bonchev–Trinajstić information content (AvgIpc) is 3.31. The van der Waals surface area contributed by atoms with E-state index in [1.807, 2.05) is 12.2 Å². The molecule has 2 bridgehead atoms. The van der Waals surface area contributed by atoms with Crippen molar-refractivity contribution >= 4 is 35.0 Å². The fourth-order valence-corrected chi connectivity index (χ4v) is 6.20. The molecule has 4 amide bonds. The van der Waals surface area contributed by atoms with Gasteiger partial charge in [0.25, 0.3) is 0 Å². The predicted molar refractivity (Wildman–Crippen MR) is 124 cm³/mol. The largest absolute Gasteiger partial charge is 0.274 e. The molecule has 0 N–H and O–H groups in total. The Bertz CT molecular complexity index is 1270. The normalized spacial score (nSPS) is 30.9. The van der Waals surface area contributed by atoms with Gasteiger partial charge in [-0.05, 0) is 36.4 Å². The molecule has 3 fully saturated rings. The number of terminal acetylenes is 2. The van der Waals surface area contributed by atoms with Gasteiger partial charge in [-0.3, -0.25) is 19.2 Å². The van der Waals surface area contributed by atoms with Crippen LogP contribution in [-0.2, 0) is 19.2 Å². The first-order valence-corrected chi connectivity index (χ1v) is 11.0. The highest BCUT2D eigenvalue weighted by molar-refractivity contribution is 6.26. The van der Waals surface area contributed by atoms with Crippen LogP contribution < -0.4 is 9.80 Å². The lowest BCUT2D eigenvalue weighted by Crippen LogP contribution is -2.50. The van der Waals surface area contributed by atoms with Crippen LogP contribution in [0, 0.1) is 60.2 Å². The Hall–Kier alpha value is -4.42. The van der Waals surface area contributed by atoms with Crippen molar-refractivity contribution < 1.29 is 19.2 Å².